The Bertz CT molecular complexity index is 369. The van der Waals surface area contributed by atoms with Crippen LogP contribution >= 0.6 is 0 Å². The zero-order valence-electron chi connectivity index (χ0n) is 7.56. The van der Waals surface area contributed by atoms with Gasteiger partial charge in [0.15, 0.2) is 11.6 Å². The predicted octanol–water partition coefficient (Wildman–Crippen LogP) is 2.63. The summed E-state index contributed by atoms with van der Waals surface area (Å²) in [6.45, 7) is 5.99. The lowest BCUT2D eigenvalue weighted by Gasteiger charge is -2.20. The van der Waals surface area contributed by atoms with Crippen LogP contribution in [0.4, 0.5) is 4.39 Å². The Morgan fingerprint density at radius 1 is 1.46 bits per heavy atom. The van der Waals surface area contributed by atoms with Gasteiger partial charge in [0.2, 0.25) is 0 Å². The van der Waals surface area contributed by atoms with Gasteiger partial charge in [0.25, 0.3) is 0 Å². The quantitative estimate of drug-likeness (QED) is 0.555. The summed E-state index contributed by atoms with van der Waals surface area (Å²) in [6, 6.07) is 3.67. The minimum absolute atomic E-state index is 0.231. The van der Waals surface area contributed by atoms with Gasteiger partial charge in [-0.05, 0) is 18.1 Å². The van der Waals surface area contributed by atoms with Gasteiger partial charge in [-0.2, -0.15) is 0 Å². The predicted molar refractivity (Wildman–Crippen MR) is 49.5 cm³/mol. The maximum atomic E-state index is 13.5. The number of fused-ring (bicyclic) bond motifs is 1. The average molecular weight is 178 g/mol. The van der Waals surface area contributed by atoms with Gasteiger partial charge in [0.05, 0.1) is 0 Å². The molecule has 0 saturated heterocycles. The van der Waals surface area contributed by atoms with Crippen molar-refractivity contribution >= 4 is 0 Å². The third-order valence-corrected chi connectivity index (χ3v) is 2.23. The van der Waals surface area contributed by atoms with Gasteiger partial charge in [0, 0.05) is 12.0 Å². The topological polar surface area (TPSA) is 9.23 Å². The van der Waals surface area contributed by atoms with Crippen LogP contribution in [-0.4, -0.2) is 6.61 Å². The Kier molecular flexibility index (Phi) is 1.83. The molecule has 0 saturated carbocycles. The highest BCUT2D eigenvalue weighted by molar-refractivity contribution is 5.43. The summed E-state index contributed by atoms with van der Waals surface area (Å²) in [4.78, 5) is 0. The fraction of sp³-hybridized carbons (Fsp3) is 0.273. The first-order chi connectivity index (χ1) is 6.18. The third-order valence-electron chi connectivity index (χ3n) is 2.23. The molecule has 0 amide bonds. The highest BCUT2D eigenvalue weighted by atomic mass is 19.1. The molecule has 1 aromatic rings. The van der Waals surface area contributed by atoms with Crippen molar-refractivity contribution in [3.63, 3.8) is 0 Å². The van der Waals surface area contributed by atoms with Crippen molar-refractivity contribution in [2.24, 2.45) is 0 Å². The van der Waals surface area contributed by atoms with Crippen LogP contribution in [0.1, 0.15) is 11.1 Å². The van der Waals surface area contributed by atoms with Crippen LogP contribution in [0.3, 0.4) is 0 Å². The fourth-order valence-electron chi connectivity index (χ4n) is 1.48. The van der Waals surface area contributed by atoms with Gasteiger partial charge < -0.3 is 4.74 Å². The van der Waals surface area contributed by atoms with E-state index in [-0.39, 0.29) is 5.82 Å². The van der Waals surface area contributed by atoms with Gasteiger partial charge >= 0.3 is 0 Å². The van der Waals surface area contributed by atoms with Crippen molar-refractivity contribution in [2.45, 2.75) is 13.3 Å². The molecule has 13 heavy (non-hydrogen) atoms. The highest BCUT2D eigenvalue weighted by Crippen LogP contribution is 2.30. The summed E-state index contributed by atoms with van der Waals surface area (Å²) >= 11 is 0. The molecule has 1 aromatic carbocycles. The van der Waals surface area contributed by atoms with Crippen LogP contribution in [0, 0.1) is 12.7 Å². The Morgan fingerprint density at radius 2 is 2.23 bits per heavy atom. The fourth-order valence-corrected chi connectivity index (χ4v) is 1.48. The SMILES string of the molecule is C=C1COc2c(ccc(C)c2F)C1. The number of hydrogen-bond donors (Lipinski definition) is 0. The van der Waals surface area contributed by atoms with Crippen LogP contribution in [0.5, 0.6) is 5.75 Å². The van der Waals surface area contributed by atoms with Crippen LogP contribution < -0.4 is 4.74 Å². The first-order valence-corrected chi connectivity index (χ1v) is 4.26. The van der Waals surface area contributed by atoms with E-state index in [2.05, 4.69) is 6.58 Å². The summed E-state index contributed by atoms with van der Waals surface area (Å²) in [5.74, 6) is 0.178. The summed E-state index contributed by atoms with van der Waals surface area (Å²) in [7, 11) is 0. The number of ether oxygens (including phenoxy) is 1. The third kappa shape index (κ3) is 1.32. The van der Waals surface area contributed by atoms with Gasteiger partial charge in [-0.1, -0.05) is 18.7 Å². The van der Waals surface area contributed by atoms with E-state index in [4.69, 9.17) is 4.74 Å². The minimum atomic E-state index is -0.231. The van der Waals surface area contributed by atoms with Crippen molar-refractivity contribution in [1.82, 2.24) is 0 Å². The van der Waals surface area contributed by atoms with E-state index in [9.17, 15) is 4.39 Å². The van der Waals surface area contributed by atoms with Gasteiger partial charge in [0.1, 0.15) is 6.61 Å². The van der Waals surface area contributed by atoms with E-state index < -0.39 is 0 Å². The zero-order chi connectivity index (χ0) is 9.42. The van der Waals surface area contributed by atoms with Crippen molar-refractivity contribution in [3.05, 3.63) is 41.2 Å². The summed E-state index contributed by atoms with van der Waals surface area (Å²) in [5, 5.41) is 0. The Labute approximate surface area is 76.8 Å². The van der Waals surface area contributed by atoms with Crippen molar-refractivity contribution in [2.75, 3.05) is 6.61 Å². The molecule has 0 N–H and O–H groups in total. The van der Waals surface area contributed by atoms with Crippen LogP contribution in [0.25, 0.3) is 0 Å². The average Bonchev–Trinajstić information content (AvgIpc) is 2.12. The number of hydrogen-bond acceptors (Lipinski definition) is 1. The molecule has 0 bridgehead atoms. The van der Waals surface area contributed by atoms with Gasteiger partial charge in [-0.25, -0.2) is 4.39 Å². The smallest absolute Gasteiger partial charge is 0.168 e. The van der Waals surface area contributed by atoms with Crippen molar-refractivity contribution in [3.8, 4) is 5.75 Å². The molecule has 0 fully saturated rings. The van der Waals surface area contributed by atoms with Crippen molar-refractivity contribution < 1.29 is 9.13 Å². The summed E-state index contributed by atoms with van der Waals surface area (Å²) < 4.78 is 18.7. The molecule has 0 atom stereocenters. The van der Waals surface area contributed by atoms with E-state index in [1.165, 1.54) is 0 Å². The maximum Gasteiger partial charge on any atom is 0.168 e. The molecule has 68 valence electrons. The summed E-state index contributed by atoms with van der Waals surface area (Å²) in [5.41, 5.74) is 2.53. The second-order valence-corrected chi connectivity index (χ2v) is 3.40. The van der Waals surface area contributed by atoms with E-state index >= 15 is 0 Å². The Hall–Kier alpha value is -1.31. The molecule has 0 aliphatic carbocycles. The maximum absolute atomic E-state index is 13.5. The van der Waals surface area contributed by atoms with E-state index in [0.29, 0.717) is 17.9 Å². The lowest BCUT2D eigenvalue weighted by molar-refractivity contribution is 0.312. The van der Waals surface area contributed by atoms with Crippen LogP contribution in [-0.2, 0) is 6.42 Å². The van der Waals surface area contributed by atoms with E-state index in [0.717, 1.165) is 17.6 Å². The molecule has 0 unspecified atom stereocenters. The molecule has 2 rings (SSSR count). The second-order valence-electron chi connectivity index (χ2n) is 3.40. The highest BCUT2D eigenvalue weighted by Gasteiger charge is 2.17. The molecule has 1 nitrogen and oxygen atoms in total. The molecule has 1 heterocycles. The monoisotopic (exact) mass is 178 g/mol. The van der Waals surface area contributed by atoms with E-state index in [1.54, 1.807) is 13.0 Å². The standard InChI is InChI=1S/C11H11FO/c1-7-5-9-4-3-8(2)10(12)11(9)13-6-7/h3-4H,1,5-6H2,2H3. The van der Waals surface area contributed by atoms with E-state index in [1.807, 2.05) is 6.07 Å². The molecular formula is C11H11FO. The number of rotatable bonds is 0. The molecule has 0 radical (unpaired) electrons. The molecule has 2 heteroatoms. The number of halogens is 1. The molecule has 1 aliphatic heterocycles. The Balaban J connectivity index is 2.53. The van der Waals surface area contributed by atoms with Crippen LogP contribution in [0.2, 0.25) is 0 Å². The normalized spacial score (nSPS) is 15.1. The molecular weight excluding hydrogens is 167 g/mol. The number of benzene rings is 1. The molecule has 0 spiro atoms. The lowest BCUT2D eigenvalue weighted by atomic mass is 10.0. The largest absolute Gasteiger partial charge is 0.486 e. The minimum Gasteiger partial charge on any atom is -0.486 e. The Morgan fingerprint density at radius 3 is 3.00 bits per heavy atom. The van der Waals surface area contributed by atoms with Gasteiger partial charge in [-0.15, -0.1) is 0 Å². The number of aryl methyl sites for hydroxylation is 1. The van der Waals surface area contributed by atoms with Gasteiger partial charge in [-0.3, -0.25) is 0 Å². The zero-order valence-corrected chi connectivity index (χ0v) is 7.56. The second kappa shape index (κ2) is 2.87. The first-order valence-electron chi connectivity index (χ1n) is 4.26. The summed E-state index contributed by atoms with van der Waals surface area (Å²) in [6.07, 6.45) is 0.729. The van der Waals surface area contributed by atoms with Crippen molar-refractivity contribution in [1.29, 1.82) is 0 Å². The molecule has 0 aromatic heterocycles. The van der Waals surface area contributed by atoms with Crippen LogP contribution in [0.15, 0.2) is 24.3 Å². The molecule has 1 aliphatic rings. The first kappa shape index (κ1) is 8.30. The lowest BCUT2D eigenvalue weighted by Crippen LogP contribution is -2.12.